The van der Waals surface area contributed by atoms with Crippen LogP contribution in [0.4, 0.5) is 0 Å². The van der Waals surface area contributed by atoms with Crippen LogP contribution in [0.15, 0.2) is 16.5 Å². The van der Waals surface area contributed by atoms with Crippen molar-refractivity contribution in [1.29, 1.82) is 5.26 Å². The summed E-state index contributed by atoms with van der Waals surface area (Å²) in [4.78, 5) is 7.11. The molecule has 5 heteroatoms. The Labute approximate surface area is 149 Å². The fourth-order valence-electron chi connectivity index (χ4n) is 3.37. The molecule has 0 N–H and O–H groups in total. The number of benzene rings is 1. The predicted molar refractivity (Wildman–Crippen MR) is 96.3 cm³/mol. The molecule has 1 aliphatic heterocycles. The van der Waals surface area contributed by atoms with Crippen LogP contribution in [0.3, 0.4) is 0 Å². The SMILES string of the molecule is COc1ccc(-c2nc(CN3CCC(C#N)CC3)c(C)o2)c(C)c1C. The average molecular weight is 339 g/mol. The number of aryl methyl sites for hydroxylation is 1. The van der Waals surface area contributed by atoms with Gasteiger partial charge in [-0.25, -0.2) is 4.98 Å². The molecule has 0 radical (unpaired) electrons. The summed E-state index contributed by atoms with van der Waals surface area (Å²) < 4.78 is 11.3. The molecule has 1 aromatic heterocycles. The summed E-state index contributed by atoms with van der Waals surface area (Å²) in [6.45, 7) is 8.76. The number of aromatic nitrogens is 1. The van der Waals surface area contributed by atoms with Gasteiger partial charge in [0.15, 0.2) is 0 Å². The summed E-state index contributed by atoms with van der Waals surface area (Å²) >= 11 is 0. The van der Waals surface area contributed by atoms with Gasteiger partial charge in [-0.1, -0.05) is 0 Å². The molecule has 0 amide bonds. The Morgan fingerprint density at radius 3 is 2.60 bits per heavy atom. The topological polar surface area (TPSA) is 62.3 Å². The van der Waals surface area contributed by atoms with Crippen molar-refractivity contribution in [3.05, 3.63) is 34.7 Å². The van der Waals surface area contributed by atoms with Crippen LogP contribution in [0.2, 0.25) is 0 Å². The maximum atomic E-state index is 9.02. The van der Waals surface area contributed by atoms with E-state index in [9.17, 15) is 0 Å². The maximum absolute atomic E-state index is 9.02. The number of methoxy groups -OCH3 is 1. The standard InChI is InChI=1S/C20H25N3O2/c1-13-14(2)19(24-4)6-5-17(13)20-22-18(15(3)25-20)12-23-9-7-16(11-21)8-10-23/h5-6,16H,7-10,12H2,1-4H3. The lowest BCUT2D eigenvalue weighted by atomic mass is 9.98. The highest BCUT2D eigenvalue weighted by Crippen LogP contribution is 2.32. The average Bonchev–Trinajstić information content (AvgIpc) is 2.98. The molecule has 1 fully saturated rings. The van der Waals surface area contributed by atoms with Crippen LogP contribution in [0.25, 0.3) is 11.5 Å². The second kappa shape index (κ2) is 7.28. The van der Waals surface area contributed by atoms with Crippen molar-refractivity contribution in [3.63, 3.8) is 0 Å². The molecule has 5 nitrogen and oxygen atoms in total. The van der Waals surface area contributed by atoms with Crippen molar-refractivity contribution in [2.45, 2.75) is 40.2 Å². The Bertz CT molecular complexity index is 796. The number of nitrogens with zero attached hydrogens (tertiary/aromatic N) is 3. The first-order valence-electron chi connectivity index (χ1n) is 8.76. The predicted octanol–water partition coefficient (Wildman–Crippen LogP) is 4.01. The fourth-order valence-corrected chi connectivity index (χ4v) is 3.37. The number of piperidine rings is 1. The maximum Gasteiger partial charge on any atom is 0.226 e. The summed E-state index contributed by atoms with van der Waals surface area (Å²) in [5, 5.41) is 9.02. The van der Waals surface area contributed by atoms with Crippen molar-refractivity contribution in [2.24, 2.45) is 5.92 Å². The van der Waals surface area contributed by atoms with E-state index in [0.717, 1.165) is 66.4 Å². The van der Waals surface area contributed by atoms with Crippen LogP contribution in [-0.2, 0) is 6.54 Å². The Morgan fingerprint density at radius 1 is 1.24 bits per heavy atom. The molecule has 25 heavy (non-hydrogen) atoms. The highest BCUT2D eigenvalue weighted by molar-refractivity contribution is 5.63. The van der Waals surface area contributed by atoms with Gasteiger partial charge >= 0.3 is 0 Å². The van der Waals surface area contributed by atoms with Crippen LogP contribution in [-0.4, -0.2) is 30.1 Å². The molecule has 2 heterocycles. The zero-order valence-corrected chi connectivity index (χ0v) is 15.4. The Morgan fingerprint density at radius 2 is 1.96 bits per heavy atom. The molecule has 0 aliphatic carbocycles. The minimum Gasteiger partial charge on any atom is -0.496 e. The second-order valence-corrected chi connectivity index (χ2v) is 6.77. The van der Waals surface area contributed by atoms with Gasteiger partial charge in [0, 0.05) is 18.0 Å². The van der Waals surface area contributed by atoms with Gasteiger partial charge in [0.1, 0.15) is 11.5 Å². The molecule has 0 saturated carbocycles. The van der Waals surface area contributed by atoms with E-state index in [1.165, 1.54) is 0 Å². The molecule has 132 valence electrons. The third-order valence-corrected chi connectivity index (χ3v) is 5.22. The van der Waals surface area contributed by atoms with Crippen molar-refractivity contribution >= 4 is 0 Å². The minimum atomic E-state index is 0.204. The van der Waals surface area contributed by atoms with Gasteiger partial charge in [-0.2, -0.15) is 5.26 Å². The van der Waals surface area contributed by atoms with Crippen molar-refractivity contribution < 1.29 is 9.15 Å². The Hall–Kier alpha value is -2.32. The third-order valence-electron chi connectivity index (χ3n) is 5.22. The normalized spacial score (nSPS) is 16.0. The van der Waals surface area contributed by atoms with Gasteiger partial charge in [0.25, 0.3) is 0 Å². The summed E-state index contributed by atoms with van der Waals surface area (Å²) in [5.74, 6) is 2.62. The van der Waals surface area contributed by atoms with Crippen LogP contribution in [0, 0.1) is 38.0 Å². The van der Waals surface area contributed by atoms with Crippen LogP contribution in [0.5, 0.6) is 5.75 Å². The van der Waals surface area contributed by atoms with Gasteiger partial charge in [-0.3, -0.25) is 4.90 Å². The first kappa shape index (κ1) is 17.5. The monoisotopic (exact) mass is 339 g/mol. The highest BCUT2D eigenvalue weighted by atomic mass is 16.5. The van der Waals surface area contributed by atoms with Gasteiger partial charge in [-0.15, -0.1) is 0 Å². The van der Waals surface area contributed by atoms with Gasteiger partial charge in [0.2, 0.25) is 5.89 Å². The van der Waals surface area contributed by atoms with Crippen LogP contribution in [0.1, 0.15) is 35.4 Å². The molecular formula is C20H25N3O2. The Balaban J connectivity index is 1.79. The highest BCUT2D eigenvalue weighted by Gasteiger charge is 2.22. The van der Waals surface area contributed by atoms with E-state index in [1.54, 1.807) is 7.11 Å². The van der Waals surface area contributed by atoms with E-state index in [4.69, 9.17) is 19.4 Å². The quantitative estimate of drug-likeness (QED) is 0.842. The lowest BCUT2D eigenvalue weighted by Crippen LogP contribution is -2.33. The number of rotatable bonds is 4. The smallest absolute Gasteiger partial charge is 0.226 e. The van der Waals surface area contributed by atoms with Crippen LogP contribution < -0.4 is 4.74 Å². The fraction of sp³-hybridized carbons (Fsp3) is 0.500. The van der Waals surface area contributed by atoms with Gasteiger partial charge in [0.05, 0.1) is 18.9 Å². The molecule has 3 rings (SSSR count). The summed E-state index contributed by atoms with van der Waals surface area (Å²) in [6.07, 6.45) is 1.88. The van der Waals surface area contributed by atoms with E-state index in [2.05, 4.69) is 17.9 Å². The van der Waals surface area contributed by atoms with E-state index >= 15 is 0 Å². The number of hydrogen-bond acceptors (Lipinski definition) is 5. The summed E-state index contributed by atoms with van der Waals surface area (Å²) in [6, 6.07) is 6.35. The first-order chi connectivity index (χ1) is 12.0. The van der Waals surface area contributed by atoms with Gasteiger partial charge in [-0.05, 0) is 70.0 Å². The van der Waals surface area contributed by atoms with E-state index in [1.807, 2.05) is 26.0 Å². The lowest BCUT2D eigenvalue weighted by molar-refractivity contribution is 0.195. The van der Waals surface area contributed by atoms with E-state index in [-0.39, 0.29) is 5.92 Å². The molecule has 0 spiro atoms. The number of oxazole rings is 1. The largest absolute Gasteiger partial charge is 0.496 e. The molecule has 1 aliphatic rings. The zero-order chi connectivity index (χ0) is 18.0. The molecule has 2 aromatic rings. The molecular weight excluding hydrogens is 314 g/mol. The molecule has 0 bridgehead atoms. The van der Waals surface area contributed by atoms with Gasteiger partial charge < -0.3 is 9.15 Å². The van der Waals surface area contributed by atoms with Crippen molar-refractivity contribution in [3.8, 4) is 23.3 Å². The van der Waals surface area contributed by atoms with Crippen LogP contribution >= 0.6 is 0 Å². The zero-order valence-electron chi connectivity index (χ0n) is 15.4. The second-order valence-electron chi connectivity index (χ2n) is 6.77. The third kappa shape index (κ3) is 3.54. The summed E-state index contributed by atoms with van der Waals surface area (Å²) in [7, 11) is 1.68. The molecule has 0 atom stereocenters. The number of nitriles is 1. The number of likely N-dealkylation sites (tertiary alicyclic amines) is 1. The molecule has 1 saturated heterocycles. The van der Waals surface area contributed by atoms with E-state index in [0.29, 0.717) is 5.89 Å². The molecule has 0 unspecified atom stereocenters. The summed E-state index contributed by atoms with van der Waals surface area (Å²) in [5.41, 5.74) is 4.23. The van der Waals surface area contributed by atoms with Crippen molar-refractivity contribution in [1.82, 2.24) is 9.88 Å². The first-order valence-corrected chi connectivity index (χ1v) is 8.76. The lowest BCUT2D eigenvalue weighted by Gasteiger charge is -2.28. The molecule has 1 aromatic carbocycles. The minimum absolute atomic E-state index is 0.204. The van der Waals surface area contributed by atoms with Crippen molar-refractivity contribution in [2.75, 3.05) is 20.2 Å². The number of hydrogen-bond donors (Lipinski definition) is 0. The number of ether oxygens (including phenoxy) is 1. The van der Waals surface area contributed by atoms with E-state index < -0.39 is 0 Å². The Kier molecular flexibility index (Phi) is 5.10.